The van der Waals surface area contributed by atoms with E-state index in [-0.39, 0.29) is 28.4 Å². The first-order valence-corrected chi connectivity index (χ1v) is 11.1. The molecule has 0 aliphatic carbocycles. The molecule has 0 saturated carbocycles. The van der Waals surface area contributed by atoms with Crippen molar-refractivity contribution in [3.63, 3.8) is 0 Å². The average Bonchev–Trinajstić information content (AvgIpc) is 2.81. The first-order chi connectivity index (χ1) is 14.9. The fourth-order valence-electron chi connectivity index (χ4n) is 2.60. The van der Waals surface area contributed by atoms with Crippen molar-refractivity contribution >= 4 is 16.9 Å². The molecule has 0 aliphatic heterocycles. The maximum atomic E-state index is 9.15. The van der Waals surface area contributed by atoms with Gasteiger partial charge in [-0.15, -0.1) is 0 Å². The van der Waals surface area contributed by atoms with Gasteiger partial charge in [0.2, 0.25) is 0 Å². The Morgan fingerprint density at radius 1 is 1.06 bits per heavy atom. The van der Waals surface area contributed by atoms with E-state index in [0.717, 1.165) is 4.90 Å². The van der Waals surface area contributed by atoms with Gasteiger partial charge in [0.15, 0.2) is 21.8 Å². The maximum Gasteiger partial charge on any atom is 0.190 e. The number of nitrogens with two attached hydrogens (primary N) is 1. The lowest BCUT2D eigenvalue weighted by Crippen LogP contribution is -2.17. The van der Waals surface area contributed by atoms with Crippen LogP contribution in [0.2, 0.25) is 0 Å². The molecule has 0 saturated heterocycles. The maximum absolute atomic E-state index is 9.15. The summed E-state index contributed by atoms with van der Waals surface area (Å²) in [5, 5.41) is 26.5. The van der Waals surface area contributed by atoms with Crippen LogP contribution in [0.1, 0.15) is 30.9 Å². The van der Waals surface area contributed by atoms with Crippen molar-refractivity contribution in [2.45, 2.75) is 24.7 Å². The Balaban J connectivity index is 2.12. The normalized spacial score (nSPS) is 12.2. The summed E-state index contributed by atoms with van der Waals surface area (Å²) >= 11 is -0.262. The lowest BCUT2D eigenvalue weighted by Gasteiger charge is -2.15. The molecule has 8 heteroatoms. The average molecular weight is 438 g/mol. The van der Waals surface area contributed by atoms with Crippen LogP contribution in [-0.2, 0) is 15.4 Å². The highest BCUT2D eigenvalue weighted by Crippen LogP contribution is 2.22. The van der Waals surface area contributed by atoms with Crippen molar-refractivity contribution in [2.24, 2.45) is 5.73 Å². The molecule has 0 amide bonds. The molecule has 0 bridgehead atoms. The van der Waals surface area contributed by atoms with E-state index < -0.39 is 0 Å². The van der Waals surface area contributed by atoms with Crippen LogP contribution < -0.4 is 15.2 Å². The summed E-state index contributed by atoms with van der Waals surface area (Å²) < 4.78 is 16.9. The summed E-state index contributed by atoms with van der Waals surface area (Å²) in [5.74, 6) is 1.21. The van der Waals surface area contributed by atoms with E-state index in [1.165, 1.54) is 18.2 Å². The molecule has 0 heterocycles. The molecule has 2 aromatic rings. The number of ether oxygens (including phenoxy) is 2. The molecule has 2 rings (SSSR count). The van der Waals surface area contributed by atoms with Crippen LogP contribution in [-0.4, -0.2) is 25.7 Å². The quantitative estimate of drug-likeness (QED) is 0.328. The van der Waals surface area contributed by atoms with E-state index in [2.05, 4.69) is 0 Å². The third-order valence-electron chi connectivity index (χ3n) is 4.35. The second-order valence-corrected chi connectivity index (χ2v) is 8.16. The number of nitrogens with one attached hydrogen (secondary N) is 1. The molecule has 3 N–H and O–H groups in total. The zero-order valence-electron chi connectivity index (χ0n) is 17.8. The van der Waals surface area contributed by atoms with Crippen LogP contribution in [0.15, 0.2) is 58.8 Å². The van der Waals surface area contributed by atoms with Crippen molar-refractivity contribution in [3.8, 4) is 23.6 Å². The molecule has 1 unspecified atom stereocenters. The first-order valence-electron chi connectivity index (χ1n) is 9.54. The van der Waals surface area contributed by atoms with Gasteiger partial charge < -0.3 is 20.6 Å². The molecule has 2 aromatic carbocycles. The van der Waals surface area contributed by atoms with Crippen molar-refractivity contribution in [1.82, 2.24) is 0 Å². The number of benzene rings is 2. The van der Waals surface area contributed by atoms with E-state index in [0.29, 0.717) is 42.0 Å². The number of nitrogens with zero attached hydrogens (tertiary/aromatic N) is 2. The Kier molecular flexibility index (Phi) is 8.95. The molecule has 0 radical (unpaired) electrons. The van der Waals surface area contributed by atoms with E-state index in [4.69, 9.17) is 35.3 Å². The molecular weight excluding hydrogens is 412 g/mol. The summed E-state index contributed by atoms with van der Waals surface area (Å²) in [6.45, 7) is 2.13. The van der Waals surface area contributed by atoms with Gasteiger partial charge in [-0.2, -0.15) is 14.7 Å². The Morgan fingerprint density at radius 3 is 2.19 bits per heavy atom. The van der Waals surface area contributed by atoms with Gasteiger partial charge in [-0.3, -0.25) is 0 Å². The minimum Gasteiger partial charge on any atom is -0.493 e. The zero-order valence-corrected chi connectivity index (χ0v) is 18.6. The summed E-state index contributed by atoms with van der Waals surface area (Å²) in [4.78, 5) is 1.08. The van der Waals surface area contributed by atoms with Crippen molar-refractivity contribution in [2.75, 3.05) is 20.0 Å². The predicted molar refractivity (Wildman–Crippen MR) is 121 cm³/mol. The fourth-order valence-corrected chi connectivity index (χ4v) is 3.31. The molecule has 160 valence electrons. The molecule has 0 aromatic heterocycles. The Labute approximate surface area is 185 Å². The molecule has 0 fully saturated rings. The minimum atomic E-state index is -0.262. The predicted octanol–water partition coefficient (Wildman–Crippen LogP) is 4.05. The fraction of sp³-hybridized carbons (Fsp3) is 0.261. The molecule has 31 heavy (non-hydrogen) atoms. The van der Waals surface area contributed by atoms with Crippen molar-refractivity contribution < 1.29 is 13.7 Å². The van der Waals surface area contributed by atoms with E-state index in [1.54, 1.807) is 7.11 Å². The summed E-state index contributed by atoms with van der Waals surface area (Å²) in [6.07, 6.45) is 2.76. The molecule has 0 aliphatic rings. The van der Waals surface area contributed by atoms with Gasteiger partial charge in [0.1, 0.15) is 17.8 Å². The summed E-state index contributed by atoms with van der Waals surface area (Å²) in [7, 11) is 1.67. The highest BCUT2D eigenvalue weighted by Gasteiger charge is 2.16. The molecule has 7 nitrogen and oxygen atoms in total. The summed E-state index contributed by atoms with van der Waals surface area (Å²) in [5.41, 5.74) is 7.39. The van der Waals surface area contributed by atoms with Crippen LogP contribution in [0, 0.1) is 28.1 Å². The largest absolute Gasteiger partial charge is 0.493 e. The smallest absolute Gasteiger partial charge is 0.190 e. The van der Waals surface area contributed by atoms with Gasteiger partial charge >= 0.3 is 0 Å². The first kappa shape index (κ1) is 23.8. The standard InChI is InChI=1S/C23H25N4O3S/c1-4-21(26)23(30-19-12-16(14-24)11-17(13-19)15-25)22(27)9-10-29-18-5-7-20(8-6-18)31(3)28-2/h5-8,11-13,26H,4,9-10,27H2,1-3H3/q+1/b23-22+,26-21?. The summed E-state index contributed by atoms with van der Waals surface area (Å²) in [6, 6.07) is 16.1. The second-order valence-electron chi connectivity index (χ2n) is 6.45. The van der Waals surface area contributed by atoms with E-state index >= 15 is 0 Å². The topological polar surface area (TPSA) is 125 Å². The second kappa shape index (κ2) is 11.7. The van der Waals surface area contributed by atoms with Gasteiger partial charge in [-0.1, -0.05) is 6.92 Å². The van der Waals surface area contributed by atoms with Crippen LogP contribution in [0.3, 0.4) is 0 Å². The van der Waals surface area contributed by atoms with Gasteiger partial charge in [-0.25, -0.2) is 0 Å². The van der Waals surface area contributed by atoms with Crippen molar-refractivity contribution in [3.05, 3.63) is 65.0 Å². The van der Waals surface area contributed by atoms with Gasteiger partial charge in [0.05, 0.1) is 48.4 Å². The Hall–Kier alpha value is -3.46. The number of nitriles is 2. The van der Waals surface area contributed by atoms with E-state index in [9.17, 15) is 0 Å². The molecular formula is C23H25N4O3S+. The third kappa shape index (κ3) is 6.78. The van der Waals surface area contributed by atoms with Crippen LogP contribution in [0.5, 0.6) is 11.5 Å². The number of hydrogen-bond donors (Lipinski definition) is 2. The van der Waals surface area contributed by atoms with Crippen LogP contribution >= 0.6 is 0 Å². The van der Waals surface area contributed by atoms with Gasteiger partial charge in [0.25, 0.3) is 0 Å². The lowest BCUT2D eigenvalue weighted by atomic mass is 10.1. The molecule has 1 atom stereocenters. The highest BCUT2D eigenvalue weighted by atomic mass is 32.2. The number of hydrogen-bond acceptors (Lipinski definition) is 7. The monoisotopic (exact) mass is 437 g/mol. The van der Waals surface area contributed by atoms with Crippen molar-refractivity contribution in [1.29, 1.82) is 15.9 Å². The number of allylic oxidation sites excluding steroid dienone is 1. The number of rotatable bonds is 10. The Bertz CT molecular complexity index is 1000. The molecule has 0 spiro atoms. The SMILES string of the molecule is CCC(=N)/C(Oc1cc(C#N)cc(C#N)c1)=C(\N)CCOc1ccc([S+](C)OC)cc1. The third-order valence-corrected chi connectivity index (χ3v) is 5.79. The van der Waals surface area contributed by atoms with Crippen LogP contribution in [0.4, 0.5) is 0 Å². The zero-order chi connectivity index (χ0) is 22.8. The Morgan fingerprint density at radius 2 is 1.68 bits per heavy atom. The van der Waals surface area contributed by atoms with Gasteiger partial charge in [0, 0.05) is 18.6 Å². The van der Waals surface area contributed by atoms with E-state index in [1.807, 2.05) is 49.6 Å². The van der Waals surface area contributed by atoms with Gasteiger partial charge in [-0.05, 0) is 36.8 Å². The highest BCUT2D eigenvalue weighted by molar-refractivity contribution is 7.91. The van der Waals surface area contributed by atoms with Crippen LogP contribution in [0.25, 0.3) is 0 Å². The lowest BCUT2D eigenvalue weighted by molar-refractivity contribution is 0.317. The minimum absolute atomic E-state index is 0.218.